The van der Waals surface area contributed by atoms with Gasteiger partial charge in [-0.3, -0.25) is 4.79 Å². The molecule has 4 heteroatoms. The third-order valence-corrected chi connectivity index (χ3v) is 2.35. The number of allylic oxidation sites excluding steroid dienone is 1. The summed E-state index contributed by atoms with van der Waals surface area (Å²) in [4.78, 5) is 10.5. The lowest BCUT2D eigenvalue weighted by atomic mass is 9.96. The molecule has 0 heterocycles. The number of carbonyl (C=O) groups is 1. The van der Waals surface area contributed by atoms with E-state index in [1.54, 1.807) is 19.9 Å². The summed E-state index contributed by atoms with van der Waals surface area (Å²) in [6, 6.07) is 0. The van der Waals surface area contributed by atoms with Gasteiger partial charge in [0.05, 0.1) is 11.7 Å². The lowest BCUT2D eigenvalue weighted by Gasteiger charge is -2.24. The summed E-state index contributed by atoms with van der Waals surface area (Å²) in [6.07, 6.45) is 2.22. The normalized spacial score (nSPS) is 14.8. The van der Waals surface area contributed by atoms with E-state index in [1.165, 1.54) is 6.92 Å². The molecule has 0 saturated carbocycles. The Morgan fingerprint density at radius 3 is 2.44 bits per heavy atom. The van der Waals surface area contributed by atoms with Crippen molar-refractivity contribution in [1.29, 1.82) is 0 Å². The van der Waals surface area contributed by atoms with Gasteiger partial charge >= 0.3 is 5.97 Å². The van der Waals surface area contributed by atoms with Crippen molar-refractivity contribution in [3.8, 4) is 0 Å². The fourth-order valence-electron chi connectivity index (χ4n) is 1.12. The first-order chi connectivity index (χ1) is 7.23. The summed E-state index contributed by atoms with van der Waals surface area (Å²) in [5.41, 5.74) is -0.0413. The van der Waals surface area contributed by atoms with Gasteiger partial charge in [0.25, 0.3) is 0 Å². The zero-order chi connectivity index (χ0) is 12.8. The van der Waals surface area contributed by atoms with Crippen molar-refractivity contribution in [2.45, 2.75) is 52.2 Å². The largest absolute Gasteiger partial charge is 0.462 e. The molecule has 0 bridgehead atoms. The SMILES string of the molecule is CC(=O)OC/C=C(\C)CCC(O)C(C)(C)O. The average Bonchev–Trinajstić information content (AvgIpc) is 2.11. The Balaban J connectivity index is 3.88. The van der Waals surface area contributed by atoms with Crippen LogP contribution < -0.4 is 0 Å². The molecule has 0 aliphatic rings. The van der Waals surface area contributed by atoms with Crippen molar-refractivity contribution in [3.05, 3.63) is 11.6 Å². The van der Waals surface area contributed by atoms with Gasteiger partial charge in [-0.1, -0.05) is 5.57 Å². The van der Waals surface area contributed by atoms with E-state index in [-0.39, 0.29) is 12.6 Å². The minimum absolute atomic E-state index is 0.264. The fourth-order valence-corrected chi connectivity index (χ4v) is 1.12. The van der Waals surface area contributed by atoms with E-state index in [2.05, 4.69) is 0 Å². The highest BCUT2D eigenvalue weighted by Gasteiger charge is 2.23. The van der Waals surface area contributed by atoms with Crippen LogP contribution >= 0.6 is 0 Å². The van der Waals surface area contributed by atoms with Gasteiger partial charge in [0.15, 0.2) is 0 Å². The molecule has 0 spiro atoms. The van der Waals surface area contributed by atoms with E-state index in [0.29, 0.717) is 12.8 Å². The first-order valence-electron chi connectivity index (χ1n) is 5.43. The summed E-state index contributed by atoms with van der Waals surface area (Å²) in [5.74, 6) is -0.305. The van der Waals surface area contributed by atoms with Crippen LogP contribution in [0.2, 0.25) is 0 Å². The van der Waals surface area contributed by atoms with Gasteiger partial charge in [0.2, 0.25) is 0 Å². The van der Waals surface area contributed by atoms with Crippen LogP contribution in [-0.4, -0.2) is 34.5 Å². The zero-order valence-corrected chi connectivity index (χ0v) is 10.5. The molecule has 0 rings (SSSR count). The Morgan fingerprint density at radius 1 is 1.44 bits per heavy atom. The van der Waals surface area contributed by atoms with Crippen molar-refractivity contribution in [1.82, 2.24) is 0 Å². The summed E-state index contributed by atoms with van der Waals surface area (Å²) in [6.45, 7) is 6.69. The van der Waals surface area contributed by atoms with Crippen molar-refractivity contribution < 1.29 is 19.7 Å². The maximum absolute atomic E-state index is 10.5. The molecule has 0 aromatic rings. The van der Waals surface area contributed by atoms with Gasteiger partial charge in [-0.2, -0.15) is 0 Å². The van der Waals surface area contributed by atoms with Crippen LogP contribution in [0.1, 0.15) is 40.5 Å². The van der Waals surface area contributed by atoms with E-state index in [0.717, 1.165) is 5.57 Å². The van der Waals surface area contributed by atoms with Crippen LogP contribution in [-0.2, 0) is 9.53 Å². The molecule has 0 aromatic carbocycles. The molecule has 16 heavy (non-hydrogen) atoms. The molecule has 0 aliphatic heterocycles. The molecule has 0 amide bonds. The van der Waals surface area contributed by atoms with Crippen molar-refractivity contribution in [2.75, 3.05) is 6.61 Å². The van der Waals surface area contributed by atoms with E-state index in [4.69, 9.17) is 4.74 Å². The van der Waals surface area contributed by atoms with Gasteiger partial charge in [0.1, 0.15) is 6.61 Å². The van der Waals surface area contributed by atoms with Crippen molar-refractivity contribution >= 4 is 5.97 Å². The number of aliphatic hydroxyl groups excluding tert-OH is 1. The fraction of sp³-hybridized carbons (Fsp3) is 0.750. The second-order valence-corrected chi connectivity index (χ2v) is 4.56. The molecule has 0 fully saturated rings. The maximum atomic E-state index is 10.5. The molecule has 0 saturated heterocycles. The quantitative estimate of drug-likeness (QED) is 0.535. The van der Waals surface area contributed by atoms with Gasteiger partial charge in [-0.05, 0) is 39.7 Å². The Kier molecular flexibility index (Phi) is 6.29. The number of hydrogen-bond acceptors (Lipinski definition) is 4. The highest BCUT2D eigenvalue weighted by Crippen LogP contribution is 2.16. The van der Waals surface area contributed by atoms with E-state index in [9.17, 15) is 15.0 Å². The lowest BCUT2D eigenvalue weighted by Crippen LogP contribution is -2.35. The summed E-state index contributed by atoms with van der Waals surface area (Å²) < 4.78 is 4.76. The molecule has 0 radical (unpaired) electrons. The molecule has 94 valence electrons. The maximum Gasteiger partial charge on any atom is 0.302 e. The third-order valence-electron chi connectivity index (χ3n) is 2.35. The lowest BCUT2D eigenvalue weighted by molar-refractivity contribution is -0.139. The highest BCUT2D eigenvalue weighted by atomic mass is 16.5. The summed E-state index contributed by atoms with van der Waals surface area (Å²) in [7, 11) is 0. The predicted octanol–water partition coefficient (Wildman–Crippen LogP) is 1.41. The second kappa shape index (κ2) is 6.66. The van der Waals surface area contributed by atoms with Crippen LogP contribution in [0.25, 0.3) is 0 Å². The number of aliphatic hydroxyl groups is 2. The van der Waals surface area contributed by atoms with Crippen LogP contribution in [0.4, 0.5) is 0 Å². The molecule has 1 unspecified atom stereocenters. The average molecular weight is 230 g/mol. The Bertz CT molecular complexity index is 250. The summed E-state index contributed by atoms with van der Waals surface area (Å²) in [5, 5.41) is 19.1. The second-order valence-electron chi connectivity index (χ2n) is 4.56. The molecule has 4 nitrogen and oxygen atoms in total. The first kappa shape index (κ1) is 15.1. The van der Waals surface area contributed by atoms with Crippen LogP contribution in [0, 0.1) is 0 Å². The number of carbonyl (C=O) groups excluding carboxylic acids is 1. The number of esters is 1. The minimum atomic E-state index is -1.07. The van der Waals surface area contributed by atoms with Gasteiger partial charge in [-0.15, -0.1) is 0 Å². The van der Waals surface area contributed by atoms with Crippen LogP contribution in [0.15, 0.2) is 11.6 Å². The highest BCUT2D eigenvalue weighted by molar-refractivity contribution is 5.66. The summed E-state index contributed by atoms with van der Waals surface area (Å²) >= 11 is 0. The molecule has 0 aromatic heterocycles. The van der Waals surface area contributed by atoms with Crippen LogP contribution in [0.3, 0.4) is 0 Å². The Labute approximate surface area is 96.9 Å². The Morgan fingerprint density at radius 2 is 2.00 bits per heavy atom. The topological polar surface area (TPSA) is 66.8 Å². The van der Waals surface area contributed by atoms with Crippen molar-refractivity contribution in [3.63, 3.8) is 0 Å². The Hall–Kier alpha value is -0.870. The van der Waals surface area contributed by atoms with Gasteiger partial charge in [-0.25, -0.2) is 0 Å². The first-order valence-corrected chi connectivity index (χ1v) is 5.43. The molecular weight excluding hydrogens is 208 g/mol. The number of hydrogen-bond donors (Lipinski definition) is 2. The molecule has 2 N–H and O–H groups in total. The van der Waals surface area contributed by atoms with E-state index >= 15 is 0 Å². The van der Waals surface area contributed by atoms with E-state index < -0.39 is 11.7 Å². The van der Waals surface area contributed by atoms with Gasteiger partial charge in [0, 0.05) is 6.92 Å². The third kappa shape index (κ3) is 7.43. The van der Waals surface area contributed by atoms with Gasteiger partial charge < -0.3 is 14.9 Å². The predicted molar refractivity (Wildman–Crippen MR) is 61.9 cm³/mol. The van der Waals surface area contributed by atoms with Crippen LogP contribution in [0.5, 0.6) is 0 Å². The number of rotatable bonds is 6. The van der Waals surface area contributed by atoms with Crippen molar-refractivity contribution in [2.24, 2.45) is 0 Å². The van der Waals surface area contributed by atoms with E-state index in [1.807, 2.05) is 6.92 Å². The standard InChI is InChI=1S/C12H22O4/c1-9(7-8-16-10(2)13)5-6-11(14)12(3,4)15/h7,11,14-15H,5-6,8H2,1-4H3/b9-7+. The minimum Gasteiger partial charge on any atom is -0.462 e. The monoisotopic (exact) mass is 230 g/mol. The zero-order valence-electron chi connectivity index (χ0n) is 10.5. The number of ether oxygens (including phenoxy) is 1. The molecule has 0 aliphatic carbocycles. The molecular formula is C12H22O4. The molecule has 1 atom stereocenters. The smallest absolute Gasteiger partial charge is 0.302 e.